The predicted molar refractivity (Wildman–Crippen MR) is 89.1 cm³/mol. The Balaban J connectivity index is 2.36. The fourth-order valence-electron chi connectivity index (χ4n) is 2.51. The van der Waals surface area contributed by atoms with Gasteiger partial charge in [0.1, 0.15) is 11.4 Å². The van der Waals surface area contributed by atoms with Gasteiger partial charge in [0.25, 0.3) is 5.91 Å². The Morgan fingerprint density at radius 3 is 2.67 bits per heavy atom. The van der Waals surface area contributed by atoms with Crippen molar-refractivity contribution in [1.82, 2.24) is 4.90 Å². The first-order valence-electron chi connectivity index (χ1n) is 7.95. The summed E-state index contributed by atoms with van der Waals surface area (Å²) in [7, 11) is 1.15. The highest BCUT2D eigenvalue weighted by Crippen LogP contribution is 2.31. The number of alkyl halides is 3. The standard InChI is InChI=1S/C17H19F3N2O5/c1-10-3-4-13(27-9-17(18,19)20)12(7-10)21-14-11(16(25)26-2)8-22(5-6-23)15(14)24/h3-4,7,21,23H,5-6,8-9H2,1-2H3. The molecule has 0 radical (unpaired) electrons. The molecule has 1 aliphatic rings. The third-order valence-electron chi connectivity index (χ3n) is 3.74. The van der Waals surface area contributed by atoms with E-state index in [1.807, 2.05) is 0 Å². The number of aliphatic hydroxyl groups excluding tert-OH is 1. The van der Waals surface area contributed by atoms with Crippen LogP contribution in [0.25, 0.3) is 0 Å². The molecule has 2 N–H and O–H groups in total. The van der Waals surface area contributed by atoms with Crippen molar-refractivity contribution in [1.29, 1.82) is 0 Å². The smallest absolute Gasteiger partial charge is 0.422 e. The number of esters is 1. The molecule has 2 rings (SSSR count). The van der Waals surface area contributed by atoms with Gasteiger partial charge in [-0.3, -0.25) is 4.79 Å². The highest BCUT2D eigenvalue weighted by atomic mass is 19.4. The van der Waals surface area contributed by atoms with Gasteiger partial charge in [0.15, 0.2) is 6.61 Å². The Bertz CT molecular complexity index is 761. The third-order valence-corrected chi connectivity index (χ3v) is 3.74. The van der Waals surface area contributed by atoms with E-state index in [9.17, 15) is 22.8 Å². The fraction of sp³-hybridized carbons (Fsp3) is 0.412. The van der Waals surface area contributed by atoms with E-state index in [0.29, 0.717) is 5.56 Å². The van der Waals surface area contributed by atoms with Gasteiger partial charge in [-0.25, -0.2) is 4.79 Å². The number of carbonyl (C=O) groups is 2. The maximum atomic E-state index is 12.5. The van der Waals surface area contributed by atoms with Crippen molar-refractivity contribution in [2.45, 2.75) is 13.1 Å². The fourth-order valence-corrected chi connectivity index (χ4v) is 2.51. The Labute approximate surface area is 153 Å². The van der Waals surface area contributed by atoms with Gasteiger partial charge >= 0.3 is 12.1 Å². The first-order chi connectivity index (χ1) is 12.7. The van der Waals surface area contributed by atoms with Gasteiger partial charge in [-0.2, -0.15) is 13.2 Å². The van der Waals surface area contributed by atoms with E-state index in [1.54, 1.807) is 13.0 Å². The van der Waals surface area contributed by atoms with E-state index in [2.05, 4.69) is 10.1 Å². The van der Waals surface area contributed by atoms with E-state index < -0.39 is 24.7 Å². The highest BCUT2D eigenvalue weighted by Gasteiger charge is 2.35. The summed E-state index contributed by atoms with van der Waals surface area (Å²) in [6.45, 7) is -0.187. The van der Waals surface area contributed by atoms with Crippen molar-refractivity contribution in [3.8, 4) is 5.75 Å². The SMILES string of the molecule is COC(=O)C1=C(Nc2cc(C)ccc2OCC(F)(F)F)C(=O)N(CCO)C1. The second-order valence-corrected chi connectivity index (χ2v) is 5.82. The maximum absolute atomic E-state index is 12.5. The van der Waals surface area contributed by atoms with Crippen molar-refractivity contribution in [2.75, 3.05) is 38.7 Å². The molecular formula is C17H19F3N2O5. The largest absolute Gasteiger partial charge is 0.482 e. The zero-order valence-electron chi connectivity index (χ0n) is 14.7. The lowest BCUT2D eigenvalue weighted by molar-refractivity contribution is -0.153. The van der Waals surface area contributed by atoms with Gasteiger partial charge in [-0.15, -0.1) is 0 Å². The molecule has 0 saturated carbocycles. The molecule has 1 aromatic carbocycles. The molecule has 1 aliphatic heterocycles. The molecule has 0 spiro atoms. The number of nitrogens with one attached hydrogen (secondary N) is 1. The Morgan fingerprint density at radius 1 is 1.37 bits per heavy atom. The topological polar surface area (TPSA) is 88.1 Å². The number of benzene rings is 1. The van der Waals surface area contributed by atoms with Gasteiger partial charge in [-0.05, 0) is 24.6 Å². The molecule has 0 aromatic heterocycles. The first-order valence-corrected chi connectivity index (χ1v) is 7.95. The highest BCUT2D eigenvalue weighted by molar-refractivity contribution is 6.08. The molecule has 0 fully saturated rings. The number of aliphatic hydroxyl groups is 1. The number of hydrogen-bond acceptors (Lipinski definition) is 6. The molecule has 1 heterocycles. The summed E-state index contributed by atoms with van der Waals surface area (Å²) in [4.78, 5) is 25.7. The van der Waals surface area contributed by atoms with Crippen molar-refractivity contribution >= 4 is 17.6 Å². The number of halogens is 3. The quantitative estimate of drug-likeness (QED) is 0.690. The van der Waals surface area contributed by atoms with Crippen LogP contribution in [0.1, 0.15) is 5.56 Å². The van der Waals surface area contributed by atoms with E-state index >= 15 is 0 Å². The number of ether oxygens (including phenoxy) is 2. The zero-order chi connectivity index (χ0) is 20.2. The Hall–Kier alpha value is -2.75. The summed E-state index contributed by atoms with van der Waals surface area (Å²) in [6.07, 6.45) is -4.53. The van der Waals surface area contributed by atoms with Crippen molar-refractivity contribution in [3.05, 3.63) is 35.0 Å². The van der Waals surface area contributed by atoms with Crippen molar-refractivity contribution < 1.29 is 37.3 Å². The average Bonchev–Trinajstić information content (AvgIpc) is 2.89. The van der Waals surface area contributed by atoms with Crippen LogP contribution < -0.4 is 10.1 Å². The summed E-state index contributed by atoms with van der Waals surface area (Å²) in [6, 6.07) is 4.39. The van der Waals surface area contributed by atoms with Crippen LogP contribution in [0.2, 0.25) is 0 Å². The van der Waals surface area contributed by atoms with E-state index in [4.69, 9.17) is 9.84 Å². The van der Waals surface area contributed by atoms with Gasteiger partial charge in [0, 0.05) is 6.54 Å². The molecule has 0 atom stereocenters. The number of β-amino-alcohol motifs (C(OH)–C–C–N with tert-alkyl or cyclic N) is 1. The number of amides is 1. The normalized spacial score (nSPS) is 14.6. The van der Waals surface area contributed by atoms with Crippen LogP contribution in [0, 0.1) is 6.92 Å². The molecule has 0 aliphatic carbocycles. The zero-order valence-corrected chi connectivity index (χ0v) is 14.7. The molecule has 7 nitrogen and oxygen atoms in total. The number of rotatable bonds is 7. The molecule has 0 bridgehead atoms. The molecule has 0 saturated heterocycles. The van der Waals surface area contributed by atoms with Crippen molar-refractivity contribution in [2.24, 2.45) is 0 Å². The number of hydrogen-bond donors (Lipinski definition) is 2. The average molecular weight is 388 g/mol. The molecule has 27 heavy (non-hydrogen) atoms. The van der Waals surface area contributed by atoms with E-state index in [0.717, 1.165) is 7.11 Å². The van der Waals surface area contributed by atoms with Crippen molar-refractivity contribution in [3.63, 3.8) is 0 Å². The molecule has 1 aromatic rings. The van der Waals surface area contributed by atoms with Gasteiger partial charge in [0.2, 0.25) is 0 Å². The minimum atomic E-state index is -4.53. The summed E-state index contributed by atoms with van der Waals surface area (Å²) in [5.41, 5.74) is 0.696. The van der Waals surface area contributed by atoms with E-state index in [-0.39, 0.29) is 42.4 Å². The molecule has 10 heteroatoms. The third kappa shape index (κ3) is 5.13. The lowest BCUT2D eigenvalue weighted by atomic mass is 10.2. The molecule has 148 valence electrons. The molecule has 1 amide bonds. The summed E-state index contributed by atoms with van der Waals surface area (Å²) >= 11 is 0. The minimum absolute atomic E-state index is 0.00421. The summed E-state index contributed by atoms with van der Waals surface area (Å²) in [5.74, 6) is -1.45. The van der Waals surface area contributed by atoms with Crippen LogP contribution in [0.5, 0.6) is 5.75 Å². The lowest BCUT2D eigenvalue weighted by Crippen LogP contribution is -2.31. The number of nitrogens with zero attached hydrogens (tertiary/aromatic N) is 1. The lowest BCUT2D eigenvalue weighted by Gasteiger charge is -2.17. The van der Waals surface area contributed by atoms with Gasteiger partial charge < -0.3 is 24.8 Å². The van der Waals surface area contributed by atoms with Crippen LogP contribution >= 0.6 is 0 Å². The van der Waals surface area contributed by atoms with Crippen LogP contribution in [0.4, 0.5) is 18.9 Å². The van der Waals surface area contributed by atoms with Crippen LogP contribution in [0.15, 0.2) is 29.5 Å². The summed E-state index contributed by atoms with van der Waals surface area (Å²) < 4.78 is 46.9. The number of methoxy groups -OCH3 is 1. The van der Waals surface area contributed by atoms with Crippen LogP contribution in [-0.4, -0.2) is 61.5 Å². The monoisotopic (exact) mass is 388 g/mol. The minimum Gasteiger partial charge on any atom is -0.482 e. The number of aryl methyl sites for hydroxylation is 1. The molecular weight excluding hydrogens is 369 g/mol. The summed E-state index contributed by atoms with van der Waals surface area (Å²) in [5, 5.41) is 11.8. The first kappa shape index (κ1) is 20.6. The predicted octanol–water partition coefficient (Wildman–Crippen LogP) is 1.61. The van der Waals surface area contributed by atoms with E-state index in [1.165, 1.54) is 17.0 Å². The van der Waals surface area contributed by atoms with Crippen LogP contribution in [0.3, 0.4) is 0 Å². The maximum Gasteiger partial charge on any atom is 0.422 e. The van der Waals surface area contributed by atoms with Gasteiger partial charge in [0.05, 0.1) is 31.5 Å². The number of anilines is 1. The Morgan fingerprint density at radius 2 is 2.07 bits per heavy atom. The number of carbonyl (C=O) groups excluding carboxylic acids is 2. The second-order valence-electron chi connectivity index (χ2n) is 5.82. The van der Waals surface area contributed by atoms with Gasteiger partial charge in [-0.1, -0.05) is 6.07 Å². The van der Waals surface area contributed by atoms with Crippen LogP contribution in [-0.2, 0) is 14.3 Å². The Kier molecular flexibility index (Phi) is 6.32. The molecule has 0 unspecified atom stereocenters. The second kappa shape index (κ2) is 8.30.